The average molecular weight is 404 g/mol. The molecular weight excluding hydrogens is 384 g/mol. The fourth-order valence-electron chi connectivity index (χ4n) is 3.46. The Hall–Kier alpha value is -4.07. The van der Waals surface area contributed by atoms with E-state index in [2.05, 4.69) is 10.3 Å². The number of para-hydroxylation sites is 1. The van der Waals surface area contributed by atoms with Gasteiger partial charge in [0.15, 0.2) is 0 Å². The minimum atomic E-state index is -0.618. The number of aromatic nitrogens is 3. The highest BCUT2D eigenvalue weighted by atomic mass is 16.5. The van der Waals surface area contributed by atoms with E-state index >= 15 is 0 Å². The molecule has 0 aliphatic rings. The monoisotopic (exact) mass is 404 g/mol. The van der Waals surface area contributed by atoms with Crippen LogP contribution in [-0.4, -0.2) is 27.1 Å². The lowest BCUT2D eigenvalue weighted by atomic mass is 10.2. The maximum absolute atomic E-state index is 13.1. The predicted molar refractivity (Wildman–Crippen MR) is 115 cm³/mol. The zero-order chi connectivity index (χ0) is 21.4. The number of methoxy groups -OCH3 is 1. The van der Waals surface area contributed by atoms with Gasteiger partial charge in [-0.1, -0.05) is 24.3 Å². The Labute approximate surface area is 171 Å². The molecule has 1 amide bonds. The van der Waals surface area contributed by atoms with E-state index in [0.717, 1.165) is 10.1 Å². The normalized spacial score (nSPS) is 10.9. The van der Waals surface area contributed by atoms with Crippen molar-refractivity contribution in [2.45, 2.75) is 6.92 Å². The number of hydrogen-bond donors (Lipinski definition) is 2. The summed E-state index contributed by atoms with van der Waals surface area (Å²) in [6, 6.07) is 14.0. The summed E-state index contributed by atoms with van der Waals surface area (Å²) < 4.78 is 7.89. The Morgan fingerprint density at radius 3 is 2.53 bits per heavy atom. The Morgan fingerprint density at radius 2 is 1.83 bits per heavy atom. The number of carbonyl (C=O) groups excluding carboxylic acids is 1. The molecular formula is C22H20N4O4. The second-order valence-electron chi connectivity index (χ2n) is 6.94. The predicted octanol–water partition coefficient (Wildman–Crippen LogP) is 2.59. The van der Waals surface area contributed by atoms with Gasteiger partial charge in [-0.3, -0.25) is 9.59 Å². The molecule has 0 fully saturated rings. The zero-order valence-electron chi connectivity index (χ0n) is 16.7. The molecule has 2 N–H and O–H groups in total. The Balaban J connectivity index is 1.84. The molecule has 2 aromatic carbocycles. The zero-order valence-corrected chi connectivity index (χ0v) is 16.7. The third-order valence-corrected chi connectivity index (χ3v) is 4.88. The van der Waals surface area contributed by atoms with Crippen molar-refractivity contribution in [1.29, 1.82) is 0 Å². The van der Waals surface area contributed by atoms with Gasteiger partial charge in [-0.15, -0.1) is 0 Å². The van der Waals surface area contributed by atoms with Crippen molar-refractivity contribution < 1.29 is 9.53 Å². The number of H-pyrrole nitrogens is 1. The van der Waals surface area contributed by atoms with Crippen molar-refractivity contribution in [2.75, 3.05) is 12.4 Å². The fraction of sp³-hybridized carbons (Fsp3) is 0.136. The fourth-order valence-corrected chi connectivity index (χ4v) is 3.46. The molecule has 30 heavy (non-hydrogen) atoms. The number of rotatable bonds is 4. The second-order valence-corrected chi connectivity index (χ2v) is 6.94. The molecule has 8 nitrogen and oxygen atoms in total. The third kappa shape index (κ3) is 3.18. The quantitative estimate of drug-likeness (QED) is 0.546. The van der Waals surface area contributed by atoms with Gasteiger partial charge in [0.2, 0.25) is 0 Å². The molecule has 2 aromatic heterocycles. The number of hydrogen-bond acceptors (Lipinski definition) is 4. The summed E-state index contributed by atoms with van der Waals surface area (Å²) in [7, 11) is 3.17. The van der Waals surface area contributed by atoms with E-state index in [4.69, 9.17) is 4.74 Å². The van der Waals surface area contributed by atoms with Gasteiger partial charge >= 0.3 is 5.69 Å². The highest BCUT2D eigenvalue weighted by molar-refractivity contribution is 6.12. The Kier molecular flexibility index (Phi) is 4.75. The van der Waals surface area contributed by atoms with Crippen LogP contribution in [0.25, 0.3) is 16.7 Å². The lowest BCUT2D eigenvalue weighted by molar-refractivity contribution is 0.102. The van der Waals surface area contributed by atoms with Crippen LogP contribution in [0, 0.1) is 6.92 Å². The maximum atomic E-state index is 13.1. The van der Waals surface area contributed by atoms with Gasteiger partial charge in [0.25, 0.3) is 11.5 Å². The van der Waals surface area contributed by atoms with Crippen LogP contribution in [0.3, 0.4) is 0 Å². The number of ether oxygens (including phenoxy) is 1. The van der Waals surface area contributed by atoms with Crippen LogP contribution in [-0.2, 0) is 7.05 Å². The van der Waals surface area contributed by atoms with Gasteiger partial charge in [0, 0.05) is 13.2 Å². The second kappa shape index (κ2) is 7.40. The van der Waals surface area contributed by atoms with Crippen LogP contribution in [0.4, 0.5) is 5.69 Å². The first-order valence-corrected chi connectivity index (χ1v) is 9.26. The Morgan fingerprint density at radius 1 is 1.10 bits per heavy atom. The summed E-state index contributed by atoms with van der Waals surface area (Å²) in [5, 5.41) is 2.80. The minimum absolute atomic E-state index is 0.184. The molecule has 0 aliphatic heterocycles. The SMILES string of the molecule is COc1ccc(C)cc1NC(=O)c1cn(C)c2c(=O)n(-c3ccccc3)c(=O)[nH]c12. The van der Waals surface area contributed by atoms with Crippen LogP contribution in [0.5, 0.6) is 5.75 Å². The number of anilines is 1. The number of fused-ring (bicyclic) bond motifs is 1. The van der Waals surface area contributed by atoms with Gasteiger partial charge in [-0.05, 0) is 36.8 Å². The molecule has 0 saturated carbocycles. The van der Waals surface area contributed by atoms with Gasteiger partial charge in [-0.25, -0.2) is 9.36 Å². The van der Waals surface area contributed by atoms with Gasteiger partial charge in [0.1, 0.15) is 11.3 Å². The summed E-state index contributed by atoms with van der Waals surface area (Å²) in [6.07, 6.45) is 1.52. The molecule has 0 bridgehead atoms. The molecule has 2 heterocycles. The topological polar surface area (TPSA) is 98.1 Å². The van der Waals surface area contributed by atoms with E-state index in [1.165, 1.54) is 17.9 Å². The highest BCUT2D eigenvalue weighted by Gasteiger charge is 2.21. The van der Waals surface area contributed by atoms with Crippen molar-refractivity contribution in [3.8, 4) is 11.4 Å². The van der Waals surface area contributed by atoms with Gasteiger partial charge in [-0.2, -0.15) is 0 Å². The first-order chi connectivity index (χ1) is 14.4. The van der Waals surface area contributed by atoms with Crippen LogP contribution < -0.4 is 21.3 Å². The summed E-state index contributed by atoms with van der Waals surface area (Å²) >= 11 is 0. The molecule has 8 heteroatoms. The van der Waals surface area contributed by atoms with Gasteiger partial charge in [0.05, 0.1) is 29.6 Å². The van der Waals surface area contributed by atoms with Crippen molar-refractivity contribution >= 4 is 22.6 Å². The van der Waals surface area contributed by atoms with E-state index in [1.54, 1.807) is 49.5 Å². The number of aromatic amines is 1. The van der Waals surface area contributed by atoms with E-state index in [9.17, 15) is 14.4 Å². The molecule has 0 aliphatic carbocycles. The molecule has 0 unspecified atom stereocenters. The van der Waals surface area contributed by atoms with E-state index in [0.29, 0.717) is 17.1 Å². The van der Waals surface area contributed by atoms with E-state index in [1.807, 2.05) is 13.0 Å². The third-order valence-electron chi connectivity index (χ3n) is 4.88. The number of nitrogens with one attached hydrogen (secondary N) is 2. The van der Waals surface area contributed by atoms with Crippen LogP contribution in [0.15, 0.2) is 64.3 Å². The average Bonchev–Trinajstić information content (AvgIpc) is 3.05. The van der Waals surface area contributed by atoms with Crippen molar-refractivity contribution in [3.05, 3.63) is 86.7 Å². The number of nitrogens with zero attached hydrogens (tertiary/aromatic N) is 2. The van der Waals surface area contributed by atoms with E-state index < -0.39 is 17.2 Å². The lowest BCUT2D eigenvalue weighted by Gasteiger charge is -2.10. The van der Waals surface area contributed by atoms with Crippen molar-refractivity contribution in [2.24, 2.45) is 7.05 Å². The lowest BCUT2D eigenvalue weighted by Crippen LogP contribution is -2.34. The largest absolute Gasteiger partial charge is 0.495 e. The molecule has 4 rings (SSSR count). The number of benzene rings is 2. The van der Waals surface area contributed by atoms with Crippen LogP contribution in [0.1, 0.15) is 15.9 Å². The standard InChI is InChI=1S/C22H20N4O4/c1-13-9-10-17(30-3)16(11-13)23-20(27)15-12-25(2)19-18(15)24-22(29)26(21(19)28)14-7-5-4-6-8-14/h4-12H,1-3H3,(H,23,27)(H,24,29). The number of amides is 1. The van der Waals surface area contributed by atoms with E-state index in [-0.39, 0.29) is 16.6 Å². The van der Waals surface area contributed by atoms with Crippen molar-refractivity contribution in [3.63, 3.8) is 0 Å². The molecule has 152 valence electrons. The molecule has 0 radical (unpaired) electrons. The molecule has 4 aromatic rings. The molecule has 0 atom stereocenters. The molecule has 0 saturated heterocycles. The summed E-state index contributed by atoms with van der Waals surface area (Å²) in [4.78, 5) is 41.4. The maximum Gasteiger partial charge on any atom is 0.333 e. The minimum Gasteiger partial charge on any atom is -0.495 e. The summed E-state index contributed by atoms with van der Waals surface area (Å²) in [5.74, 6) is 0.0473. The molecule has 0 spiro atoms. The first-order valence-electron chi connectivity index (χ1n) is 9.26. The summed E-state index contributed by atoms with van der Waals surface area (Å²) in [6.45, 7) is 1.90. The van der Waals surface area contributed by atoms with Crippen LogP contribution in [0.2, 0.25) is 0 Å². The number of carbonyl (C=O) groups is 1. The first kappa shape index (κ1) is 19.3. The summed E-state index contributed by atoms with van der Waals surface area (Å²) in [5.41, 5.74) is 1.36. The number of aryl methyl sites for hydroxylation is 2. The van der Waals surface area contributed by atoms with Crippen molar-refractivity contribution in [1.82, 2.24) is 14.1 Å². The Bertz CT molecular complexity index is 1380. The van der Waals surface area contributed by atoms with Gasteiger partial charge < -0.3 is 19.6 Å². The highest BCUT2D eigenvalue weighted by Crippen LogP contribution is 2.26. The van der Waals surface area contributed by atoms with Crippen LogP contribution >= 0.6 is 0 Å². The smallest absolute Gasteiger partial charge is 0.333 e.